The van der Waals surface area contributed by atoms with Crippen LogP contribution in [0.3, 0.4) is 0 Å². The Balaban J connectivity index is 2.08. The van der Waals surface area contributed by atoms with E-state index >= 15 is 0 Å². The van der Waals surface area contributed by atoms with E-state index in [1.807, 2.05) is 0 Å². The standard InChI is InChI=1S/C13H21N3O4/c14-11(17)7-15(8-12(18)19)13(20)16-6-2-4-9-3-1-5-10(9)16/h9-10H,1-8H2,(H2,14,17)(H,18,19). The molecule has 2 rings (SSSR count). The van der Waals surface area contributed by atoms with Gasteiger partial charge >= 0.3 is 12.0 Å². The monoisotopic (exact) mass is 283 g/mol. The van der Waals surface area contributed by atoms with Crippen molar-refractivity contribution in [1.29, 1.82) is 0 Å². The van der Waals surface area contributed by atoms with Crippen LogP contribution >= 0.6 is 0 Å². The molecule has 7 heteroatoms. The summed E-state index contributed by atoms with van der Waals surface area (Å²) in [4.78, 5) is 37.1. The molecule has 0 aromatic carbocycles. The van der Waals surface area contributed by atoms with E-state index in [4.69, 9.17) is 10.8 Å². The molecule has 3 amide bonds. The second-order valence-electron chi connectivity index (χ2n) is 5.59. The van der Waals surface area contributed by atoms with Crippen LogP contribution in [0.25, 0.3) is 0 Å². The highest BCUT2D eigenvalue weighted by Gasteiger charge is 2.39. The van der Waals surface area contributed by atoms with Gasteiger partial charge in [0.2, 0.25) is 5.91 Å². The summed E-state index contributed by atoms with van der Waals surface area (Å²) in [6.45, 7) is -0.205. The highest BCUT2D eigenvalue weighted by atomic mass is 16.4. The number of amides is 3. The van der Waals surface area contributed by atoms with Crippen LogP contribution in [-0.4, -0.2) is 58.5 Å². The quantitative estimate of drug-likeness (QED) is 0.771. The van der Waals surface area contributed by atoms with Gasteiger partial charge in [0.15, 0.2) is 0 Å². The molecule has 2 unspecified atom stereocenters. The number of carboxylic acids is 1. The number of aliphatic carboxylic acids is 1. The average molecular weight is 283 g/mol. The zero-order valence-corrected chi connectivity index (χ0v) is 11.5. The molecule has 112 valence electrons. The molecule has 3 N–H and O–H groups in total. The first-order chi connectivity index (χ1) is 9.49. The zero-order chi connectivity index (χ0) is 14.7. The Morgan fingerprint density at radius 1 is 1.15 bits per heavy atom. The van der Waals surface area contributed by atoms with Crippen LogP contribution in [0.4, 0.5) is 4.79 Å². The number of nitrogens with two attached hydrogens (primary N) is 1. The van der Waals surface area contributed by atoms with Crippen LogP contribution in [0, 0.1) is 5.92 Å². The maximum absolute atomic E-state index is 12.5. The Kier molecular flexibility index (Phi) is 4.46. The van der Waals surface area contributed by atoms with E-state index in [1.54, 1.807) is 4.90 Å². The normalized spacial score (nSPS) is 25.1. The van der Waals surface area contributed by atoms with Gasteiger partial charge in [-0.25, -0.2) is 4.79 Å². The predicted molar refractivity (Wildman–Crippen MR) is 70.9 cm³/mol. The minimum atomic E-state index is -1.14. The van der Waals surface area contributed by atoms with Gasteiger partial charge < -0.3 is 20.6 Å². The maximum atomic E-state index is 12.5. The van der Waals surface area contributed by atoms with Crippen molar-refractivity contribution in [2.24, 2.45) is 11.7 Å². The Labute approximate surface area is 117 Å². The summed E-state index contributed by atoms with van der Waals surface area (Å²) >= 11 is 0. The Hall–Kier alpha value is -1.79. The fourth-order valence-corrected chi connectivity index (χ4v) is 3.42. The maximum Gasteiger partial charge on any atom is 0.323 e. The molecule has 7 nitrogen and oxygen atoms in total. The van der Waals surface area contributed by atoms with Gasteiger partial charge in [0.25, 0.3) is 0 Å². The summed E-state index contributed by atoms with van der Waals surface area (Å²) in [5, 5.41) is 8.87. The fraction of sp³-hybridized carbons (Fsp3) is 0.769. The summed E-state index contributed by atoms with van der Waals surface area (Å²) in [7, 11) is 0. The van der Waals surface area contributed by atoms with Crippen molar-refractivity contribution in [3.63, 3.8) is 0 Å². The molecule has 2 fully saturated rings. The fourth-order valence-electron chi connectivity index (χ4n) is 3.42. The van der Waals surface area contributed by atoms with Crippen molar-refractivity contribution in [3.05, 3.63) is 0 Å². The molecule has 1 aliphatic carbocycles. The highest BCUT2D eigenvalue weighted by molar-refractivity contribution is 5.86. The second kappa shape index (κ2) is 6.11. The van der Waals surface area contributed by atoms with Gasteiger partial charge in [0.05, 0.1) is 0 Å². The van der Waals surface area contributed by atoms with E-state index < -0.39 is 18.4 Å². The average Bonchev–Trinajstić information content (AvgIpc) is 2.83. The number of carboxylic acid groups (broad SMARTS) is 1. The number of carbonyl (C=O) groups excluding carboxylic acids is 2. The zero-order valence-electron chi connectivity index (χ0n) is 11.5. The first-order valence-corrected chi connectivity index (χ1v) is 7.04. The third kappa shape index (κ3) is 3.20. The Bertz CT molecular complexity index is 396. The van der Waals surface area contributed by atoms with Gasteiger partial charge in [-0.2, -0.15) is 0 Å². The number of nitrogens with zero attached hydrogens (tertiary/aromatic N) is 2. The number of primary amides is 1. The number of fused-ring (bicyclic) bond motifs is 1. The molecule has 0 aromatic rings. The van der Waals surface area contributed by atoms with Crippen LogP contribution in [-0.2, 0) is 9.59 Å². The summed E-state index contributed by atoms with van der Waals surface area (Å²) in [6, 6.07) is -0.178. The van der Waals surface area contributed by atoms with Crippen LogP contribution in [0.15, 0.2) is 0 Å². The number of hydrogen-bond donors (Lipinski definition) is 2. The second-order valence-corrected chi connectivity index (χ2v) is 5.59. The van der Waals surface area contributed by atoms with Gasteiger partial charge in [0.1, 0.15) is 13.1 Å². The first kappa shape index (κ1) is 14.6. The highest BCUT2D eigenvalue weighted by Crippen LogP contribution is 2.37. The number of likely N-dealkylation sites (tertiary alicyclic amines) is 1. The molecule has 1 heterocycles. The molecular weight excluding hydrogens is 262 g/mol. The van der Waals surface area contributed by atoms with E-state index in [-0.39, 0.29) is 18.6 Å². The molecule has 2 aliphatic rings. The van der Waals surface area contributed by atoms with Crippen LogP contribution in [0.2, 0.25) is 0 Å². The Morgan fingerprint density at radius 2 is 1.85 bits per heavy atom. The van der Waals surface area contributed by atoms with Gasteiger partial charge in [0, 0.05) is 12.6 Å². The molecule has 2 atom stereocenters. The molecule has 0 bridgehead atoms. The van der Waals surface area contributed by atoms with E-state index in [0.29, 0.717) is 12.5 Å². The lowest BCUT2D eigenvalue weighted by molar-refractivity contribution is -0.138. The van der Waals surface area contributed by atoms with Crippen molar-refractivity contribution >= 4 is 17.9 Å². The third-order valence-electron chi connectivity index (χ3n) is 4.18. The molecule has 1 aliphatic heterocycles. The van der Waals surface area contributed by atoms with E-state index in [1.165, 1.54) is 0 Å². The van der Waals surface area contributed by atoms with E-state index in [0.717, 1.165) is 37.0 Å². The van der Waals surface area contributed by atoms with Crippen LogP contribution in [0.1, 0.15) is 32.1 Å². The summed E-state index contributed by atoms with van der Waals surface area (Å²) in [5.41, 5.74) is 5.10. The summed E-state index contributed by atoms with van der Waals surface area (Å²) < 4.78 is 0. The lowest BCUT2D eigenvalue weighted by Crippen LogP contribution is -2.54. The molecule has 0 spiro atoms. The molecule has 1 saturated carbocycles. The van der Waals surface area contributed by atoms with E-state index in [2.05, 4.69) is 0 Å². The van der Waals surface area contributed by atoms with Crippen molar-refractivity contribution in [2.45, 2.75) is 38.1 Å². The number of hydrogen-bond acceptors (Lipinski definition) is 3. The molecule has 1 saturated heterocycles. The molecule has 20 heavy (non-hydrogen) atoms. The largest absolute Gasteiger partial charge is 0.480 e. The van der Waals surface area contributed by atoms with Crippen molar-refractivity contribution in [3.8, 4) is 0 Å². The van der Waals surface area contributed by atoms with Crippen molar-refractivity contribution in [2.75, 3.05) is 19.6 Å². The predicted octanol–water partition coefficient (Wildman–Crippen LogP) is 0.243. The molecular formula is C13H21N3O4. The SMILES string of the molecule is NC(=O)CN(CC(=O)O)C(=O)N1CCCC2CCCC21. The minimum Gasteiger partial charge on any atom is -0.480 e. The van der Waals surface area contributed by atoms with Gasteiger partial charge in [-0.05, 0) is 31.6 Å². The van der Waals surface area contributed by atoms with Crippen LogP contribution < -0.4 is 5.73 Å². The van der Waals surface area contributed by atoms with Crippen LogP contribution in [0.5, 0.6) is 0 Å². The van der Waals surface area contributed by atoms with E-state index in [9.17, 15) is 14.4 Å². The van der Waals surface area contributed by atoms with Gasteiger partial charge in [-0.3, -0.25) is 9.59 Å². The van der Waals surface area contributed by atoms with Gasteiger partial charge in [-0.1, -0.05) is 6.42 Å². The smallest absolute Gasteiger partial charge is 0.323 e. The topological polar surface area (TPSA) is 104 Å². The number of urea groups is 1. The van der Waals surface area contributed by atoms with Crippen molar-refractivity contribution < 1.29 is 19.5 Å². The number of rotatable bonds is 4. The van der Waals surface area contributed by atoms with Gasteiger partial charge in [-0.15, -0.1) is 0 Å². The third-order valence-corrected chi connectivity index (χ3v) is 4.18. The summed E-state index contributed by atoms with van der Waals surface area (Å²) in [5.74, 6) is -1.31. The van der Waals surface area contributed by atoms with Crippen molar-refractivity contribution in [1.82, 2.24) is 9.80 Å². The Morgan fingerprint density at radius 3 is 2.50 bits per heavy atom. The minimum absolute atomic E-state index is 0.195. The number of carbonyl (C=O) groups is 3. The summed E-state index contributed by atoms with van der Waals surface area (Å²) in [6.07, 6.45) is 5.26. The molecule has 0 aromatic heterocycles. The lowest BCUT2D eigenvalue weighted by atomic mass is 9.92. The lowest BCUT2D eigenvalue weighted by Gasteiger charge is -2.40. The molecule has 0 radical (unpaired) electrons. The number of piperidine rings is 1. The first-order valence-electron chi connectivity index (χ1n) is 7.04.